The predicted molar refractivity (Wildman–Crippen MR) is 58.2 cm³/mol. The van der Waals surface area contributed by atoms with Crippen molar-refractivity contribution in [3.63, 3.8) is 0 Å². The molecular formula is C10H15ClN2O2. The molecule has 5 heteroatoms. The molecule has 1 heterocycles. The van der Waals surface area contributed by atoms with E-state index in [1.54, 1.807) is 14.0 Å². The molecule has 0 aliphatic carbocycles. The third kappa shape index (κ3) is 2.50. The van der Waals surface area contributed by atoms with Gasteiger partial charge >= 0.3 is 5.97 Å². The van der Waals surface area contributed by atoms with Crippen LogP contribution in [0.25, 0.3) is 0 Å². The van der Waals surface area contributed by atoms with Gasteiger partial charge in [-0.2, -0.15) is 5.10 Å². The van der Waals surface area contributed by atoms with Gasteiger partial charge in [-0.3, -0.25) is 4.68 Å². The number of aromatic nitrogens is 2. The van der Waals surface area contributed by atoms with Crippen LogP contribution in [0, 0.1) is 0 Å². The number of hydrogen-bond donors (Lipinski definition) is 0. The van der Waals surface area contributed by atoms with Crippen LogP contribution >= 0.6 is 11.6 Å². The number of esters is 1. The molecule has 0 saturated carbocycles. The van der Waals surface area contributed by atoms with E-state index in [1.807, 2.05) is 6.92 Å². The Labute approximate surface area is 94.2 Å². The van der Waals surface area contributed by atoms with E-state index in [2.05, 4.69) is 5.10 Å². The molecule has 0 saturated heterocycles. The van der Waals surface area contributed by atoms with Gasteiger partial charge in [0.1, 0.15) is 0 Å². The van der Waals surface area contributed by atoms with Gasteiger partial charge in [-0.05, 0) is 13.3 Å². The average Bonchev–Trinajstić information content (AvgIpc) is 2.43. The Kier molecular flexibility index (Phi) is 4.15. The van der Waals surface area contributed by atoms with Crippen LogP contribution in [0.2, 0.25) is 5.02 Å². The molecular weight excluding hydrogens is 216 g/mol. The van der Waals surface area contributed by atoms with E-state index >= 15 is 0 Å². The molecule has 0 amide bonds. The Hall–Kier alpha value is -1.03. The fourth-order valence-corrected chi connectivity index (χ4v) is 1.70. The number of aryl methyl sites for hydroxylation is 2. The van der Waals surface area contributed by atoms with Crippen molar-refractivity contribution in [3.8, 4) is 0 Å². The van der Waals surface area contributed by atoms with Gasteiger partial charge < -0.3 is 4.74 Å². The van der Waals surface area contributed by atoms with Crippen molar-refractivity contribution in [2.24, 2.45) is 7.05 Å². The summed E-state index contributed by atoms with van der Waals surface area (Å²) in [7, 11) is 1.69. The zero-order chi connectivity index (χ0) is 11.4. The molecule has 0 aromatic carbocycles. The summed E-state index contributed by atoms with van der Waals surface area (Å²) in [6.07, 6.45) is 1.71. The van der Waals surface area contributed by atoms with E-state index in [1.165, 1.54) is 4.68 Å². The summed E-state index contributed by atoms with van der Waals surface area (Å²) >= 11 is 6.05. The van der Waals surface area contributed by atoms with Gasteiger partial charge in [-0.1, -0.05) is 24.9 Å². The van der Waals surface area contributed by atoms with Crippen molar-refractivity contribution in [1.82, 2.24) is 9.78 Å². The summed E-state index contributed by atoms with van der Waals surface area (Å²) in [4.78, 5) is 11.5. The van der Waals surface area contributed by atoms with Crippen LogP contribution in [0.15, 0.2) is 0 Å². The number of rotatable bonds is 4. The minimum Gasteiger partial charge on any atom is -0.461 e. The van der Waals surface area contributed by atoms with Crippen molar-refractivity contribution >= 4 is 17.6 Å². The lowest BCUT2D eigenvalue weighted by Crippen LogP contribution is -2.10. The van der Waals surface area contributed by atoms with Crippen molar-refractivity contribution in [1.29, 1.82) is 0 Å². The van der Waals surface area contributed by atoms with Crippen molar-refractivity contribution in [2.45, 2.75) is 26.7 Å². The van der Waals surface area contributed by atoms with Gasteiger partial charge in [0.25, 0.3) is 0 Å². The summed E-state index contributed by atoms with van der Waals surface area (Å²) in [5.41, 5.74) is 1.09. The van der Waals surface area contributed by atoms with Gasteiger partial charge in [0.05, 0.1) is 17.3 Å². The highest BCUT2D eigenvalue weighted by molar-refractivity contribution is 6.34. The Morgan fingerprint density at radius 1 is 1.53 bits per heavy atom. The van der Waals surface area contributed by atoms with Gasteiger partial charge in [0.2, 0.25) is 0 Å². The maximum Gasteiger partial charge on any atom is 0.358 e. The molecule has 0 N–H and O–H groups in total. The fourth-order valence-electron chi connectivity index (χ4n) is 1.37. The van der Waals surface area contributed by atoms with E-state index in [9.17, 15) is 4.79 Å². The summed E-state index contributed by atoms with van der Waals surface area (Å²) in [5, 5.41) is 4.60. The molecule has 1 aromatic rings. The topological polar surface area (TPSA) is 44.1 Å². The van der Waals surface area contributed by atoms with Crippen LogP contribution in [-0.4, -0.2) is 22.4 Å². The summed E-state index contributed by atoms with van der Waals surface area (Å²) < 4.78 is 6.37. The molecule has 84 valence electrons. The second kappa shape index (κ2) is 5.16. The molecule has 1 aromatic heterocycles. The standard InChI is InChI=1S/C10H15ClN2O2/c1-4-6-7-8(11)9(13(3)12-7)10(14)15-5-2/h4-6H2,1-3H3. The average molecular weight is 231 g/mol. The Balaban J connectivity index is 3.02. The lowest BCUT2D eigenvalue weighted by atomic mass is 10.2. The van der Waals surface area contributed by atoms with Gasteiger partial charge in [-0.15, -0.1) is 0 Å². The van der Waals surface area contributed by atoms with Gasteiger partial charge in [-0.25, -0.2) is 4.79 Å². The highest BCUT2D eigenvalue weighted by Crippen LogP contribution is 2.22. The van der Waals surface area contributed by atoms with E-state index in [-0.39, 0.29) is 0 Å². The molecule has 0 spiro atoms. The quantitative estimate of drug-likeness (QED) is 0.745. The van der Waals surface area contributed by atoms with E-state index in [4.69, 9.17) is 16.3 Å². The zero-order valence-electron chi connectivity index (χ0n) is 9.21. The SMILES string of the molecule is CCCc1nn(C)c(C(=O)OCC)c1Cl. The third-order valence-electron chi connectivity index (χ3n) is 2.01. The van der Waals surface area contributed by atoms with Crippen LogP contribution in [0.3, 0.4) is 0 Å². The Morgan fingerprint density at radius 3 is 2.73 bits per heavy atom. The van der Waals surface area contributed by atoms with E-state index in [0.717, 1.165) is 18.5 Å². The first-order chi connectivity index (χ1) is 7.11. The van der Waals surface area contributed by atoms with Crippen LogP contribution in [-0.2, 0) is 18.2 Å². The van der Waals surface area contributed by atoms with E-state index in [0.29, 0.717) is 17.3 Å². The van der Waals surface area contributed by atoms with Crippen molar-refractivity contribution < 1.29 is 9.53 Å². The molecule has 0 aliphatic heterocycles. The monoisotopic (exact) mass is 230 g/mol. The maximum absolute atomic E-state index is 11.5. The molecule has 1 rings (SSSR count). The minimum absolute atomic E-state index is 0.335. The number of hydrogen-bond acceptors (Lipinski definition) is 3. The highest BCUT2D eigenvalue weighted by Gasteiger charge is 2.20. The van der Waals surface area contributed by atoms with Crippen molar-refractivity contribution in [3.05, 3.63) is 16.4 Å². The zero-order valence-corrected chi connectivity index (χ0v) is 9.97. The second-order valence-electron chi connectivity index (χ2n) is 3.20. The number of carbonyl (C=O) groups excluding carboxylic acids is 1. The largest absolute Gasteiger partial charge is 0.461 e. The Morgan fingerprint density at radius 2 is 2.20 bits per heavy atom. The smallest absolute Gasteiger partial charge is 0.358 e. The molecule has 0 atom stereocenters. The minimum atomic E-state index is -0.417. The lowest BCUT2D eigenvalue weighted by molar-refractivity contribution is 0.0514. The van der Waals surface area contributed by atoms with Crippen LogP contribution in [0.1, 0.15) is 36.5 Å². The van der Waals surface area contributed by atoms with Gasteiger partial charge in [0, 0.05) is 7.05 Å². The molecule has 0 radical (unpaired) electrons. The first kappa shape index (κ1) is 12.0. The summed E-state index contributed by atoms with van der Waals surface area (Å²) in [6, 6.07) is 0. The lowest BCUT2D eigenvalue weighted by Gasteiger charge is -2.01. The molecule has 0 fully saturated rings. The molecule has 0 aliphatic rings. The van der Waals surface area contributed by atoms with Crippen LogP contribution in [0.4, 0.5) is 0 Å². The molecule has 0 unspecified atom stereocenters. The summed E-state index contributed by atoms with van der Waals surface area (Å²) in [5.74, 6) is -0.417. The number of halogens is 1. The van der Waals surface area contributed by atoms with Crippen molar-refractivity contribution in [2.75, 3.05) is 6.61 Å². The molecule has 15 heavy (non-hydrogen) atoms. The normalized spacial score (nSPS) is 10.4. The van der Waals surface area contributed by atoms with Gasteiger partial charge in [0.15, 0.2) is 5.69 Å². The Bertz CT molecular complexity index is 361. The van der Waals surface area contributed by atoms with Crippen LogP contribution < -0.4 is 0 Å². The van der Waals surface area contributed by atoms with Crippen LogP contribution in [0.5, 0.6) is 0 Å². The first-order valence-corrected chi connectivity index (χ1v) is 5.38. The highest BCUT2D eigenvalue weighted by atomic mass is 35.5. The first-order valence-electron chi connectivity index (χ1n) is 5.00. The maximum atomic E-state index is 11.5. The number of nitrogens with zero attached hydrogens (tertiary/aromatic N) is 2. The third-order valence-corrected chi connectivity index (χ3v) is 2.41. The number of ether oxygens (including phenoxy) is 1. The summed E-state index contributed by atoms with van der Waals surface area (Å²) in [6.45, 7) is 4.13. The molecule has 4 nitrogen and oxygen atoms in total. The molecule has 0 bridgehead atoms. The number of carbonyl (C=O) groups is 1. The fraction of sp³-hybridized carbons (Fsp3) is 0.600. The predicted octanol–water partition coefficient (Wildman–Crippen LogP) is 2.20. The van der Waals surface area contributed by atoms with E-state index < -0.39 is 5.97 Å². The second-order valence-corrected chi connectivity index (χ2v) is 3.58.